The molecule has 0 amide bonds. The molecule has 0 unspecified atom stereocenters. The lowest BCUT2D eigenvalue weighted by molar-refractivity contribution is 0.0921. The van der Waals surface area contributed by atoms with Crippen LogP contribution in [0.4, 0.5) is 0 Å². The molecular formula is C18H20ClNO4S. The second kappa shape index (κ2) is 6.84. The Kier molecular flexibility index (Phi) is 4.93. The summed E-state index contributed by atoms with van der Waals surface area (Å²) in [5.74, 6) is 0.647. The van der Waals surface area contributed by atoms with Crippen LogP contribution >= 0.6 is 11.6 Å². The van der Waals surface area contributed by atoms with E-state index in [4.69, 9.17) is 16.3 Å². The molecule has 0 spiro atoms. The van der Waals surface area contributed by atoms with Crippen LogP contribution in [-0.2, 0) is 9.84 Å². The van der Waals surface area contributed by atoms with E-state index in [2.05, 4.69) is 0 Å². The Bertz CT molecular complexity index is 917. The van der Waals surface area contributed by atoms with Crippen LogP contribution in [0.1, 0.15) is 34.2 Å². The van der Waals surface area contributed by atoms with Crippen LogP contribution in [0.2, 0.25) is 5.02 Å². The minimum absolute atomic E-state index is 0.101. The van der Waals surface area contributed by atoms with Gasteiger partial charge in [-0.1, -0.05) is 23.7 Å². The summed E-state index contributed by atoms with van der Waals surface area (Å²) in [5.41, 5.74) is 2.24. The molecule has 0 saturated carbocycles. The van der Waals surface area contributed by atoms with Crippen molar-refractivity contribution in [3.63, 3.8) is 0 Å². The maximum Gasteiger partial charge on any atom is 0.202 e. The molecule has 1 saturated heterocycles. The molecule has 1 aliphatic rings. The van der Waals surface area contributed by atoms with E-state index in [0.29, 0.717) is 22.8 Å². The van der Waals surface area contributed by atoms with Crippen LogP contribution in [-0.4, -0.2) is 36.9 Å². The molecule has 1 aliphatic heterocycles. The molecule has 0 radical (unpaired) electrons. The van der Waals surface area contributed by atoms with Gasteiger partial charge in [0.2, 0.25) is 5.78 Å². The molecule has 1 fully saturated rings. The van der Waals surface area contributed by atoms with Gasteiger partial charge in [-0.2, -0.15) is 0 Å². The number of nitrogens with zero attached hydrogens (tertiary/aromatic N) is 1. The van der Waals surface area contributed by atoms with Gasteiger partial charge in [0.05, 0.1) is 16.5 Å². The van der Waals surface area contributed by atoms with E-state index in [1.165, 1.54) is 0 Å². The first-order valence-corrected chi connectivity index (χ1v) is 10.3. The standard InChI is InChI=1S/C18H20ClNO4S/c1-12-9-15(13(2)20(12)14-7-8-25(22,23)11-14)17(21)10-24-18-6-4-3-5-16(18)19/h3-6,9,14H,7-8,10-11H2,1-2H3/t14-/m0/s1. The van der Waals surface area contributed by atoms with E-state index < -0.39 is 9.84 Å². The van der Waals surface area contributed by atoms with Crippen molar-refractivity contribution in [2.75, 3.05) is 18.1 Å². The minimum atomic E-state index is -2.98. The van der Waals surface area contributed by atoms with E-state index in [1.54, 1.807) is 30.3 Å². The molecule has 134 valence electrons. The number of aryl methyl sites for hydroxylation is 1. The Hall–Kier alpha value is -1.79. The Labute approximate surface area is 152 Å². The van der Waals surface area contributed by atoms with Crippen LogP contribution in [0.3, 0.4) is 0 Å². The smallest absolute Gasteiger partial charge is 0.202 e. The highest BCUT2D eigenvalue weighted by Gasteiger charge is 2.31. The molecule has 25 heavy (non-hydrogen) atoms. The van der Waals surface area contributed by atoms with Crippen LogP contribution in [0.5, 0.6) is 5.75 Å². The zero-order valence-corrected chi connectivity index (χ0v) is 15.7. The largest absolute Gasteiger partial charge is 0.484 e. The molecular weight excluding hydrogens is 362 g/mol. The Balaban J connectivity index is 1.78. The van der Waals surface area contributed by atoms with E-state index in [-0.39, 0.29) is 29.9 Å². The van der Waals surface area contributed by atoms with Crippen LogP contribution in [0.25, 0.3) is 0 Å². The zero-order valence-electron chi connectivity index (χ0n) is 14.2. The zero-order chi connectivity index (χ0) is 18.2. The number of carbonyl (C=O) groups excluding carboxylic acids is 1. The number of carbonyl (C=O) groups is 1. The average molecular weight is 382 g/mol. The summed E-state index contributed by atoms with van der Waals surface area (Å²) in [6, 6.07) is 8.70. The molecule has 2 heterocycles. The highest BCUT2D eigenvalue weighted by Crippen LogP contribution is 2.29. The molecule has 0 N–H and O–H groups in total. The summed E-state index contributed by atoms with van der Waals surface area (Å²) in [7, 11) is -2.98. The summed E-state index contributed by atoms with van der Waals surface area (Å²) in [6.45, 7) is 3.63. The third kappa shape index (κ3) is 3.75. The number of halogens is 1. The second-order valence-electron chi connectivity index (χ2n) is 6.35. The molecule has 0 bridgehead atoms. The molecule has 1 aromatic heterocycles. The number of benzene rings is 1. The maximum atomic E-state index is 12.6. The Morgan fingerprint density at radius 1 is 1.32 bits per heavy atom. The topological polar surface area (TPSA) is 65.4 Å². The van der Waals surface area contributed by atoms with Gasteiger partial charge in [0.1, 0.15) is 5.75 Å². The number of aromatic nitrogens is 1. The maximum absolute atomic E-state index is 12.6. The predicted molar refractivity (Wildman–Crippen MR) is 97.5 cm³/mol. The molecule has 1 atom stereocenters. The summed E-state index contributed by atoms with van der Waals surface area (Å²) >= 11 is 6.03. The summed E-state index contributed by atoms with van der Waals surface area (Å²) in [5, 5.41) is 0.455. The monoisotopic (exact) mass is 381 g/mol. The van der Waals surface area contributed by atoms with Crippen molar-refractivity contribution >= 4 is 27.2 Å². The Morgan fingerprint density at radius 2 is 2.04 bits per heavy atom. The fourth-order valence-corrected chi connectivity index (χ4v) is 5.27. The summed E-state index contributed by atoms with van der Waals surface area (Å²) in [4.78, 5) is 12.6. The van der Waals surface area contributed by atoms with E-state index >= 15 is 0 Å². The van der Waals surface area contributed by atoms with Crippen molar-refractivity contribution in [1.82, 2.24) is 4.57 Å². The lowest BCUT2D eigenvalue weighted by Crippen LogP contribution is -2.16. The average Bonchev–Trinajstić information content (AvgIpc) is 3.05. The van der Waals surface area contributed by atoms with Crippen molar-refractivity contribution in [1.29, 1.82) is 0 Å². The van der Waals surface area contributed by atoms with Gasteiger partial charge in [0.15, 0.2) is 16.4 Å². The van der Waals surface area contributed by atoms with Gasteiger partial charge >= 0.3 is 0 Å². The van der Waals surface area contributed by atoms with Gasteiger partial charge in [-0.3, -0.25) is 4.79 Å². The van der Waals surface area contributed by atoms with Gasteiger partial charge in [-0.25, -0.2) is 8.42 Å². The molecule has 3 rings (SSSR count). The number of hydrogen-bond acceptors (Lipinski definition) is 4. The third-order valence-corrected chi connectivity index (χ3v) is 6.62. The van der Waals surface area contributed by atoms with Crippen LogP contribution in [0, 0.1) is 13.8 Å². The number of rotatable bonds is 5. The highest BCUT2D eigenvalue weighted by molar-refractivity contribution is 7.91. The Morgan fingerprint density at radius 3 is 2.68 bits per heavy atom. The quantitative estimate of drug-likeness (QED) is 0.745. The van der Waals surface area contributed by atoms with Crippen LogP contribution in [0.15, 0.2) is 30.3 Å². The van der Waals surface area contributed by atoms with Gasteiger partial charge in [-0.05, 0) is 38.5 Å². The van der Waals surface area contributed by atoms with E-state index in [1.807, 2.05) is 18.4 Å². The van der Waals surface area contributed by atoms with Gasteiger partial charge in [0.25, 0.3) is 0 Å². The van der Waals surface area contributed by atoms with Crippen molar-refractivity contribution in [2.24, 2.45) is 0 Å². The molecule has 1 aromatic carbocycles. The number of hydrogen-bond donors (Lipinski definition) is 0. The van der Waals surface area contributed by atoms with E-state index in [9.17, 15) is 13.2 Å². The van der Waals surface area contributed by atoms with Gasteiger partial charge in [0, 0.05) is 23.0 Å². The minimum Gasteiger partial charge on any atom is -0.484 e. The molecule has 0 aliphatic carbocycles. The second-order valence-corrected chi connectivity index (χ2v) is 8.99. The van der Waals surface area contributed by atoms with Gasteiger partial charge < -0.3 is 9.30 Å². The number of ether oxygens (including phenoxy) is 1. The SMILES string of the molecule is Cc1cc(C(=O)COc2ccccc2Cl)c(C)n1[C@H]1CCS(=O)(=O)C1. The van der Waals surface area contributed by atoms with Crippen molar-refractivity contribution < 1.29 is 17.9 Å². The number of sulfone groups is 1. The highest BCUT2D eigenvalue weighted by atomic mass is 35.5. The molecule has 2 aromatic rings. The first kappa shape index (κ1) is 18.0. The number of Topliss-reactive ketones (excluding diaryl/α,β-unsaturated/α-hetero) is 1. The first-order valence-electron chi connectivity index (χ1n) is 8.08. The van der Waals surface area contributed by atoms with Crippen molar-refractivity contribution in [3.05, 3.63) is 52.3 Å². The van der Waals surface area contributed by atoms with E-state index in [0.717, 1.165) is 11.4 Å². The van der Waals surface area contributed by atoms with Crippen LogP contribution < -0.4 is 4.74 Å². The lowest BCUT2D eigenvalue weighted by Gasteiger charge is -2.16. The summed E-state index contributed by atoms with van der Waals surface area (Å²) in [6.07, 6.45) is 0.586. The first-order chi connectivity index (χ1) is 11.8. The fourth-order valence-electron chi connectivity index (χ4n) is 3.38. The van der Waals surface area contributed by atoms with Gasteiger partial charge in [-0.15, -0.1) is 0 Å². The summed E-state index contributed by atoms with van der Waals surface area (Å²) < 4.78 is 31.0. The molecule has 7 heteroatoms. The number of ketones is 1. The molecule has 5 nitrogen and oxygen atoms in total. The van der Waals surface area contributed by atoms with Crippen molar-refractivity contribution in [3.8, 4) is 5.75 Å². The lowest BCUT2D eigenvalue weighted by atomic mass is 10.1. The fraction of sp³-hybridized carbons (Fsp3) is 0.389. The third-order valence-electron chi connectivity index (χ3n) is 4.55. The van der Waals surface area contributed by atoms with Crippen molar-refractivity contribution in [2.45, 2.75) is 26.3 Å². The normalized spacial score (nSPS) is 19.1. The predicted octanol–water partition coefficient (Wildman–Crippen LogP) is 3.38. The number of para-hydroxylation sites is 1.